The molecule has 1 atom stereocenters. The number of primary amides is 1. The normalized spacial score (nSPS) is 12.9. The number of nitrogens with two attached hydrogens (primary N) is 1. The number of benzene rings is 1. The fourth-order valence-electron chi connectivity index (χ4n) is 1.36. The van der Waals surface area contributed by atoms with Crippen LogP contribution in [0.1, 0.15) is 11.6 Å². The molecule has 0 aliphatic rings. The molecular weight excluding hydrogens is 200 g/mol. The van der Waals surface area contributed by atoms with E-state index < -0.39 is 6.04 Å². The highest BCUT2D eigenvalue weighted by Crippen LogP contribution is 2.19. The minimum atomic E-state index is -0.396. The van der Waals surface area contributed by atoms with E-state index in [4.69, 9.17) is 17.3 Å². The fraction of sp³-hybridized carbons (Fsp3) is 0.300. The van der Waals surface area contributed by atoms with Gasteiger partial charge in [-0.05, 0) is 31.8 Å². The van der Waals surface area contributed by atoms with Gasteiger partial charge in [0.25, 0.3) is 0 Å². The predicted octanol–water partition coefficient (Wildman–Crippen LogP) is 1.43. The average molecular weight is 213 g/mol. The van der Waals surface area contributed by atoms with Gasteiger partial charge in [-0.15, -0.1) is 0 Å². The molecule has 1 aromatic rings. The third-order valence-electron chi connectivity index (χ3n) is 1.97. The smallest absolute Gasteiger partial charge is 0.239 e. The lowest BCUT2D eigenvalue weighted by Crippen LogP contribution is -2.32. The number of carbonyl (C=O) groups excluding carboxylic acids is 1. The van der Waals surface area contributed by atoms with Crippen LogP contribution in [0, 0.1) is 0 Å². The number of likely N-dealkylation sites (N-methyl/N-ethyl adjacent to an activating group) is 1. The second-order valence-corrected chi connectivity index (χ2v) is 3.76. The van der Waals surface area contributed by atoms with Crippen molar-refractivity contribution in [3.05, 3.63) is 34.9 Å². The maximum atomic E-state index is 11.2. The maximum Gasteiger partial charge on any atom is 0.239 e. The Morgan fingerprint density at radius 3 is 2.21 bits per heavy atom. The molecule has 0 spiro atoms. The quantitative estimate of drug-likeness (QED) is 0.824. The van der Waals surface area contributed by atoms with Crippen molar-refractivity contribution < 1.29 is 4.79 Å². The summed E-state index contributed by atoms with van der Waals surface area (Å²) in [7, 11) is 3.62. The van der Waals surface area contributed by atoms with Crippen LogP contribution in [0.25, 0.3) is 0 Å². The summed E-state index contributed by atoms with van der Waals surface area (Å²) in [4.78, 5) is 12.9. The van der Waals surface area contributed by atoms with Crippen molar-refractivity contribution in [2.24, 2.45) is 5.73 Å². The molecule has 0 fully saturated rings. The molecular formula is C10H13ClN2O. The minimum Gasteiger partial charge on any atom is -0.368 e. The van der Waals surface area contributed by atoms with Gasteiger partial charge in [0, 0.05) is 5.02 Å². The summed E-state index contributed by atoms with van der Waals surface area (Å²) in [5.74, 6) is -0.364. The van der Waals surface area contributed by atoms with Gasteiger partial charge in [0.05, 0.1) is 0 Å². The van der Waals surface area contributed by atoms with Crippen molar-refractivity contribution in [2.45, 2.75) is 6.04 Å². The number of carbonyl (C=O) groups is 1. The molecule has 0 saturated heterocycles. The lowest BCUT2D eigenvalue weighted by molar-refractivity contribution is -0.122. The van der Waals surface area contributed by atoms with Gasteiger partial charge in [0.2, 0.25) is 5.91 Å². The maximum absolute atomic E-state index is 11.2. The molecule has 76 valence electrons. The second-order valence-electron chi connectivity index (χ2n) is 3.32. The van der Waals surface area contributed by atoms with E-state index in [1.807, 2.05) is 14.1 Å². The molecule has 1 amide bonds. The average Bonchev–Trinajstić information content (AvgIpc) is 2.07. The van der Waals surface area contributed by atoms with E-state index in [1.165, 1.54) is 0 Å². The van der Waals surface area contributed by atoms with Gasteiger partial charge < -0.3 is 5.73 Å². The summed E-state index contributed by atoms with van der Waals surface area (Å²) >= 11 is 5.75. The van der Waals surface area contributed by atoms with Crippen molar-refractivity contribution >= 4 is 17.5 Å². The van der Waals surface area contributed by atoms with Crippen molar-refractivity contribution in [3.63, 3.8) is 0 Å². The molecule has 0 heterocycles. The van der Waals surface area contributed by atoms with Gasteiger partial charge in [0.1, 0.15) is 6.04 Å². The number of amides is 1. The Balaban J connectivity index is 3.00. The fourth-order valence-corrected chi connectivity index (χ4v) is 1.49. The first-order valence-electron chi connectivity index (χ1n) is 4.23. The number of nitrogens with zero attached hydrogens (tertiary/aromatic N) is 1. The molecule has 1 unspecified atom stereocenters. The van der Waals surface area contributed by atoms with Crippen LogP contribution in [0.2, 0.25) is 5.02 Å². The van der Waals surface area contributed by atoms with Crippen LogP contribution in [0.3, 0.4) is 0 Å². The van der Waals surface area contributed by atoms with Gasteiger partial charge in [0.15, 0.2) is 0 Å². The molecule has 0 bridgehead atoms. The monoisotopic (exact) mass is 212 g/mol. The molecule has 0 radical (unpaired) electrons. The summed E-state index contributed by atoms with van der Waals surface area (Å²) < 4.78 is 0. The molecule has 4 heteroatoms. The van der Waals surface area contributed by atoms with Gasteiger partial charge in [-0.3, -0.25) is 9.69 Å². The molecule has 0 saturated carbocycles. The van der Waals surface area contributed by atoms with Crippen LogP contribution in [0.5, 0.6) is 0 Å². The number of halogens is 1. The van der Waals surface area contributed by atoms with Gasteiger partial charge >= 0.3 is 0 Å². The van der Waals surface area contributed by atoms with Crippen molar-refractivity contribution in [1.82, 2.24) is 4.90 Å². The molecule has 2 N–H and O–H groups in total. The third kappa shape index (κ3) is 2.47. The molecule has 3 nitrogen and oxygen atoms in total. The summed E-state index contributed by atoms with van der Waals surface area (Å²) in [5, 5.41) is 0.649. The first kappa shape index (κ1) is 11.0. The Kier molecular flexibility index (Phi) is 3.49. The van der Waals surface area contributed by atoms with Crippen LogP contribution in [-0.2, 0) is 4.79 Å². The van der Waals surface area contributed by atoms with E-state index in [2.05, 4.69) is 0 Å². The number of hydrogen-bond donors (Lipinski definition) is 1. The zero-order chi connectivity index (χ0) is 10.7. The van der Waals surface area contributed by atoms with E-state index in [0.717, 1.165) is 5.56 Å². The van der Waals surface area contributed by atoms with E-state index in [0.29, 0.717) is 5.02 Å². The number of hydrogen-bond acceptors (Lipinski definition) is 2. The SMILES string of the molecule is CN(C)C(C(N)=O)c1ccc(Cl)cc1. The van der Waals surface area contributed by atoms with Crippen molar-refractivity contribution in [2.75, 3.05) is 14.1 Å². The predicted molar refractivity (Wildman–Crippen MR) is 57.1 cm³/mol. The van der Waals surface area contributed by atoms with Crippen LogP contribution in [-0.4, -0.2) is 24.9 Å². The Morgan fingerprint density at radius 2 is 1.86 bits per heavy atom. The van der Waals surface area contributed by atoms with Crippen molar-refractivity contribution in [1.29, 1.82) is 0 Å². The molecule has 1 aromatic carbocycles. The largest absolute Gasteiger partial charge is 0.368 e. The van der Waals surface area contributed by atoms with Crippen LogP contribution in [0.15, 0.2) is 24.3 Å². The molecule has 1 rings (SSSR count). The van der Waals surface area contributed by atoms with E-state index in [1.54, 1.807) is 29.2 Å². The van der Waals surface area contributed by atoms with Gasteiger partial charge in [-0.25, -0.2) is 0 Å². The zero-order valence-corrected chi connectivity index (χ0v) is 8.95. The molecule has 0 aliphatic heterocycles. The highest BCUT2D eigenvalue weighted by Gasteiger charge is 2.19. The van der Waals surface area contributed by atoms with Gasteiger partial charge in [-0.1, -0.05) is 23.7 Å². The minimum absolute atomic E-state index is 0.364. The first-order valence-corrected chi connectivity index (χ1v) is 4.61. The Hall–Kier alpha value is -1.06. The summed E-state index contributed by atoms with van der Waals surface area (Å²) in [5.41, 5.74) is 6.15. The lowest BCUT2D eigenvalue weighted by atomic mass is 10.1. The summed E-state index contributed by atoms with van der Waals surface area (Å²) in [6.45, 7) is 0. The zero-order valence-electron chi connectivity index (χ0n) is 8.20. The van der Waals surface area contributed by atoms with E-state index >= 15 is 0 Å². The summed E-state index contributed by atoms with van der Waals surface area (Å²) in [6.07, 6.45) is 0. The van der Waals surface area contributed by atoms with Gasteiger partial charge in [-0.2, -0.15) is 0 Å². The van der Waals surface area contributed by atoms with Crippen LogP contribution >= 0.6 is 11.6 Å². The van der Waals surface area contributed by atoms with E-state index in [9.17, 15) is 4.79 Å². The Morgan fingerprint density at radius 1 is 1.36 bits per heavy atom. The van der Waals surface area contributed by atoms with Crippen molar-refractivity contribution in [3.8, 4) is 0 Å². The lowest BCUT2D eigenvalue weighted by Gasteiger charge is -2.21. The summed E-state index contributed by atoms with van der Waals surface area (Å²) in [6, 6.07) is 6.70. The highest BCUT2D eigenvalue weighted by atomic mass is 35.5. The van der Waals surface area contributed by atoms with Crippen LogP contribution in [0.4, 0.5) is 0 Å². The van der Waals surface area contributed by atoms with Crippen LogP contribution < -0.4 is 5.73 Å². The van der Waals surface area contributed by atoms with E-state index in [-0.39, 0.29) is 5.91 Å². The Bertz CT molecular complexity index is 321. The topological polar surface area (TPSA) is 46.3 Å². The second kappa shape index (κ2) is 4.44. The highest BCUT2D eigenvalue weighted by molar-refractivity contribution is 6.30. The third-order valence-corrected chi connectivity index (χ3v) is 2.22. The standard InChI is InChI=1S/C10H13ClN2O/c1-13(2)9(10(12)14)7-3-5-8(11)6-4-7/h3-6,9H,1-2H3,(H2,12,14). The number of rotatable bonds is 3. The Labute approximate surface area is 88.5 Å². The molecule has 0 aliphatic carbocycles. The first-order chi connectivity index (χ1) is 6.52. The molecule has 14 heavy (non-hydrogen) atoms. The molecule has 0 aromatic heterocycles.